The van der Waals surface area contributed by atoms with Gasteiger partial charge in [0.05, 0.1) is 12.8 Å². The molecule has 5 heteroatoms. The summed E-state index contributed by atoms with van der Waals surface area (Å²) < 4.78 is 23.7. The average molecular weight is 303 g/mol. The van der Waals surface area contributed by atoms with Crippen LogP contribution in [0.15, 0.2) is 48.5 Å². The second kappa shape index (κ2) is 7.45. The SMILES string of the molecule is CCC(Oc1ccc(F)cc1)C(=O)Nc1ccccc1OC. The Balaban J connectivity index is 2.07. The highest BCUT2D eigenvalue weighted by atomic mass is 19.1. The van der Waals surface area contributed by atoms with Crippen molar-refractivity contribution >= 4 is 11.6 Å². The minimum absolute atomic E-state index is 0.281. The average Bonchev–Trinajstić information content (AvgIpc) is 2.54. The Morgan fingerprint density at radius 2 is 1.86 bits per heavy atom. The number of halogens is 1. The van der Waals surface area contributed by atoms with E-state index < -0.39 is 6.10 Å². The fourth-order valence-corrected chi connectivity index (χ4v) is 1.96. The van der Waals surface area contributed by atoms with Crippen LogP contribution < -0.4 is 14.8 Å². The minimum Gasteiger partial charge on any atom is -0.495 e. The van der Waals surface area contributed by atoms with Crippen LogP contribution in [0.3, 0.4) is 0 Å². The molecule has 0 aliphatic carbocycles. The van der Waals surface area contributed by atoms with Gasteiger partial charge in [0.2, 0.25) is 0 Å². The molecule has 22 heavy (non-hydrogen) atoms. The normalized spacial score (nSPS) is 11.6. The van der Waals surface area contributed by atoms with Crippen molar-refractivity contribution in [1.82, 2.24) is 0 Å². The maximum Gasteiger partial charge on any atom is 0.265 e. The lowest BCUT2D eigenvalue weighted by atomic mass is 10.2. The van der Waals surface area contributed by atoms with Crippen LogP contribution >= 0.6 is 0 Å². The lowest BCUT2D eigenvalue weighted by molar-refractivity contribution is -0.122. The number of anilines is 1. The second-order valence-corrected chi connectivity index (χ2v) is 4.66. The number of rotatable bonds is 6. The van der Waals surface area contributed by atoms with Gasteiger partial charge in [-0.2, -0.15) is 0 Å². The Kier molecular flexibility index (Phi) is 5.36. The van der Waals surface area contributed by atoms with Crippen molar-refractivity contribution in [3.63, 3.8) is 0 Å². The zero-order valence-corrected chi connectivity index (χ0v) is 12.5. The Morgan fingerprint density at radius 3 is 2.50 bits per heavy atom. The monoisotopic (exact) mass is 303 g/mol. The van der Waals surface area contributed by atoms with Gasteiger partial charge >= 0.3 is 0 Å². The van der Waals surface area contributed by atoms with Crippen molar-refractivity contribution in [2.75, 3.05) is 12.4 Å². The highest BCUT2D eigenvalue weighted by Crippen LogP contribution is 2.24. The molecule has 4 nitrogen and oxygen atoms in total. The molecule has 2 rings (SSSR count). The molecule has 2 aromatic carbocycles. The van der Waals surface area contributed by atoms with Gasteiger partial charge in [0, 0.05) is 0 Å². The van der Waals surface area contributed by atoms with Crippen LogP contribution in [0.2, 0.25) is 0 Å². The molecule has 0 aliphatic heterocycles. The molecule has 1 amide bonds. The van der Waals surface area contributed by atoms with Crippen LogP contribution in [-0.4, -0.2) is 19.1 Å². The molecular weight excluding hydrogens is 285 g/mol. The number of carbonyl (C=O) groups is 1. The van der Waals surface area contributed by atoms with Crippen molar-refractivity contribution < 1.29 is 18.7 Å². The van der Waals surface area contributed by atoms with Crippen LogP contribution in [0.1, 0.15) is 13.3 Å². The van der Waals surface area contributed by atoms with Gasteiger partial charge in [-0.1, -0.05) is 19.1 Å². The number of methoxy groups -OCH3 is 1. The molecule has 0 spiro atoms. The van der Waals surface area contributed by atoms with Crippen LogP contribution in [0.4, 0.5) is 10.1 Å². The molecule has 2 aromatic rings. The van der Waals surface area contributed by atoms with E-state index in [1.165, 1.54) is 31.4 Å². The predicted molar refractivity (Wildman–Crippen MR) is 82.7 cm³/mol. The van der Waals surface area contributed by atoms with Crippen LogP contribution in [0, 0.1) is 5.82 Å². The first-order valence-corrected chi connectivity index (χ1v) is 7.00. The van der Waals surface area contributed by atoms with Crippen molar-refractivity contribution in [2.24, 2.45) is 0 Å². The lowest BCUT2D eigenvalue weighted by Gasteiger charge is -2.18. The molecule has 1 unspecified atom stereocenters. The number of ether oxygens (including phenoxy) is 2. The first-order chi connectivity index (χ1) is 10.6. The van der Waals surface area contributed by atoms with Crippen molar-refractivity contribution in [1.29, 1.82) is 0 Å². The number of benzene rings is 2. The van der Waals surface area contributed by atoms with E-state index in [4.69, 9.17) is 9.47 Å². The molecule has 0 fully saturated rings. The Morgan fingerprint density at radius 1 is 1.18 bits per heavy atom. The molecule has 0 radical (unpaired) electrons. The quantitative estimate of drug-likeness (QED) is 0.886. The van der Waals surface area contributed by atoms with E-state index in [-0.39, 0.29) is 11.7 Å². The number of hydrogen-bond acceptors (Lipinski definition) is 3. The van der Waals surface area contributed by atoms with Gasteiger partial charge in [-0.15, -0.1) is 0 Å². The van der Waals surface area contributed by atoms with Gasteiger partial charge in [-0.3, -0.25) is 4.79 Å². The van der Waals surface area contributed by atoms with E-state index in [1.54, 1.807) is 18.2 Å². The van der Waals surface area contributed by atoms with Crippen LogP contribution in [-0.2, 0) is 4.79 Å². The summed E-state index contributed by atoms with van der Waals surface area (Å²) in [6.45, 7) is 1.84. The lowest BCUT2D eigenvalue weighted by Crippen LogP contribution is -2.32. The highest BCUT2D eigenvalue weighted by molar-refractivity contribution is 5.95. The first-order valence-electron chi connectivity index (χ1n) is 7.00. The molecule has 116 valence electrons. The van der Waals surface area contributed by atoms with Crippen LogP contribution in [0.25, 0.3) is 0 Å². The summed E-state index contributed by atoms with van der Waals surface area (Å²) in [6, 6.07) is 12.7. The molecule has 0 saturated heterocycles. The Hall–Kier alpha value is -2.56. The summed E-state index contributed by atoms with van der Waals surface area (Å²) in [7, 11) is 1.54. The van der Waals surface area contributed by atoms with Crippen molar-refractivity contribution in [3.8, 4) is 11.5 Å². The third kappa shape index (κ3) is 3.97. The molecule has 1 atom stereocenters. The van der Waals surface area contributed by atoms with Gasteiger partial charge in [0.25, 0.3) is 5.91 Å². The van der Waals surface area contributed by atoms with Gasteiger partial charge in [-0.05, 0) is 42.8 Å². The Bertz CT molecular complexity index is 628. The number of para-hydroxylation sites is 2. The number of hydrogen-bond donors (Lipinski definition) is 1. The molecule has 0 bridgehead atoms. The minimum atomic E-state index is -0.671. The summed E-state index contributed by atoms with van der Waals surface area (Å²) in [5.41, 5.74) is 0.580. The summed E-state index contributed by atoms with van der Waals surface area (Å²) in [4.78, 5) is 12.3. The van der Waals surface area contributed by atoms with Gasteiger partial charge in [0.15, 0.2) is 6.10 Å². The van der Waals surface area contributed by atoms with Crippen molar-refractivity contribution in [2.45, 2.75) is 19.4 Å². The second-order valence-electron chi connectivity index (χ2n) is 4.66. The number of nitrogens with one attached hydrogen (secondary N) is 1. The van der Waals surface area contributed by atoms with Gasteiger partial charge in [0.1, 0.15) is 17.3 Å². The van der Waals surface area contributed by atoms with E-state index in [0.29, 0.717) is 23.6 Å². The molecular formula is C17H18FNO3. The number of carbonyl (C=O) groups excluding carboxylic acids is 1. The van der Waals surface area contributed by atoms with E-state index in [9.17, 15) is 9.18 Å². The van der Waals surface area contributed by atoms with Crippen molar-refractivity contribution in [3.05, 3.63) is 54.3 Å². The van der Waals surface area contributed by atoms with E-state index in [1.807, 2.05) is 13.0 Å². The zero-order valence-electron chi connectivity index (χ0n) is 12.5. The van der Waals surface area contributed by atoms with Gasteiger partial charge < -0.3 is 14.8 Å². The molecule has 1 N–H and O–H groups in total. The highest BCUT2D eigenvalue weighted by Gasteiger charge is 2.19. The summed E-state index contributed by atoms with van der Waals surface area (Å²) in [5.74, 6) is 0.395. The fraction of sp³-hybridized carbons (Fsp3) is 0.235. The van der Waals surface area contributed by atoms with Crippen LogP contribution in [0.5, 0.6) is 11.5 Å². The zero-order chi connectivity index (χ0) is 15.9. The van der Waals surface area contributed by atoms with Gasteiger partial charge in [-0.25, -0.2) is 4.39 Å². The summed E-state index contributed by atoms with van der Waals surface area (Å²) in [5, 5.41) is 2.78. The summed E-state index contributed by atoms with van der Waals surface area (Å²) >= 11 is 0. The maximum absolute atomic E-state index is 12.9. The molecule has 0 aromatic heterocycles. The first kappa shape index (κ1) is 15.8. The molecule has 0 heterocycles. The standard InChI is InChI=1S/C17H18FNO3/c1-3-15(22-13-10-8-12(18)9-11-13)17(20)19-14-6-4-5-7-16(14)21-2/h4-11,15H,3H2,1-2H3,(H,19,20). The van der Waals surface area contributed by atoms with E-state index in [0.717, 1.165) is 0 Å². The largest absolute Gasteiger partial charge is 0.495 e. The molecule has 0 saturated carbocycles. The molecule has 0 aliphatic rings. The predicted octanol–water partition coefficient (Wildman–Crippen LogP) is 3.63. The topological polar surface area (TPSA) is 47.6 Å². The summed E-state index contributed by atoms with van der Waals surface area (Å²) in [6.07, 6.45) is -0.186. The Labute approximate surface area is 128 Å². The smallest absolute Gasteiger partial charge is 0.265 e. The maximum atomic E-state index is 12.9. The third-order valence-corrected chi connectivity index (χ3v) is 3.12. The number of amides is 1. The van der Waals surface area contributed by atoms with E-state index >= 15 is 0 Å². The van der Waals surface area contributed by atoms with E-state index in [2.05, 4.69) is 5.32 Å². The third-order valence-electron chi connectivity index (χ3n) is 3.12. The fourth-order valence-electron chi connectivity index (χ4n) is 1.96.